The monoisotopic (exact) mass is 390 g/mol. The van der Waals surface area contributed by atoms with Gasteiger partial charge in [0, 0.05) is 12.4 Å². The van der Waals surface area contributed by atoms with Gasteiger partial charge in [-0.15, -0.1) is 5.10 Å². The normalized spacial score (nSPS) is 31.3. The van der Waals surface area contributed by atoms with Gasteiger partial charge in [0.1, 0.15) is 6.67 Å². The zero-order valence-corrected chi connectivity index (χ0v) is 15.9. The lowest BCUT2D eigenvalue weighted by molar-refractivity contribution is -0.164. The van der Waals surface area contributed by atoms with Crippen LogP contribution in [0.4, 0.5) is 5.13 Å². The summed E-state index contributed by atoms with van der Waals surface area (Å²) in [6.45, 7) is 2.86. The quantitative estimate of drug-likeness (QED) is 0.399. The summed E-state index contributed by atoms with van der Waals surface area (Å²) in [6, 6.07) is 0. The number of rotatable bonds is 6. The number of ether oxygens (including phenoxy) is 2. The maximum absolute atomic E-state index is 13.4. The first-order valence-corrected chi connectivity index (χ1v) is 10.4. The molecule has 0 amide bonds. The Bertz CT molecular complexity index is 651. The first-order chi connectivity index (χ1) is 11.9. The number of hydrogen-bond acceptors (Lipinski definition) is 9. The number of carbonyl (C=O) groups excluding carboxylic acids is 1. The van der Waals surface area contributed by atoms with Crippen LogP contribution in [0.1, 0.15) is 26.2 Å². The zero-order chi connectivity index (χ0) is 18.0. The molecule has 2 aliphatic heterocycles. The maximum atomic E-state index is 13.4. The molecule has 2 saturated heterocycles. The van der Waals surface area contributed by atoms with Crippen LogP contribution in [0.3, 0.4) is 0 Å². The van der Waals surface area contributed by atoms with Gasteiger partial charge in [0.2, 0.25) is 4.34 Å². The van der Waals surface area contributed by atoms with Gasteiger partial charge in [-0.05, 0) is 37.6 Å². The summed E-state index contributed by atoms with van der Waals surface area (Å²) in [5, 5.41) is 21.4. The van der Waals surface area contributed by atoms with Gasteiger partial charge in [0.15, 0.2) is 6.10 Å². The molecule has 0 aromatic carbocycles. The number of likely N-dealkylation sites (N-methyl/N-ethyl adjacent to an activating group) is 1. The molecule has 0 N–H and O–H groups in total. The summed E-state index contributed by atoms with van der Waals surface area (Å²) in [5.41, 5.74) is 0. The van der Waals surface area contributed by atoms with E-state index in [4.69, 9.17) is 9.47 Å². The van der Waals surface area contributed by atoms with Gasteiger partial charge in [0.25, 0.3) is 6.23 Å². The van der Waals surface area contributed by atoms with E-state index in [9.17, 15) is 14.2 Å². The first kappa shape index (κ1) is 18.8. The Morgan fingerprint density at radius 2 is 2.36 bits per heavy atom. The van der Waals surface area contributed by atoms with Crippen molar-refractivity contribution in [3.63, 3.8) is 0 Å². The molecule has 2 fully saturated rings. The number of aromatic nitrogens is 2. The number of hydrogen-bond donors (Lipinski definition) is 0. The minimum absolute atomic E-state index is 0.0958. The fourth-order valence-corrected chi connectivity index (χ4v) is 5.08. The van der Waals surface area contributed by atoms with E-state index in [-0.39, 0.29) is 11.8 Å². The summed E-state index contributed by atoms with van der Waals surface area (Å²) in [6.07, 6.45) is 0.649. The van der Waals surface area contributed by atoms with E-state index in [1.54, 1.807) is 11.9 Å². The average molecular weight is 390 g/mol. The van der Waals surface area contributed by atoms with Crippen LogP contribution in [0.2, 0.25) is 0 Å². The Morgan fingerprint density at radius 3 is 3.04 bits per heavy atom. The van der Waals surface area contributed by atoms with Crippen molar-refractivity contribution >= 4 is 33.2 Å². The molecule has 4 unspecified atom stereocenters. The number of esters is 1. The van der Waals surface area contributed by atoms with Gasteiger partial charge in [-0.2, -0.15) is 0 Å². The number of carbonyl (C=O) groups is 1. The fourth-order valence-electron chi connectivity index (χ4n) is 2.91. The van der Waals surface area contributed by atoms with Crippen LogP contribution in [-0.2, 0) is 25.1 Å². The zero-order valence-electron chi connectivity index (χ0n) is 14.3. The van der Waals surface area contributed by atoms with Crippen molar-refractivity contribution in [1.29, 1.82) is 0 Å². The van der Waals surface area contributed by atoms with Crippen molar-refractivity contribution < 1.29 is 18.5 Å². The third kappa shape index (κ3) is 3.91. The molecule has 9 nitrogen and oxygen atoms in total. The minimum Gasteiger partial charge on any atom is -0.622 e. The second-order valence-electron chi connectivity index (χ2n) is 6.27. The lowest BCUT2D eigenvalue weighted by atomic mass is 10.2. The van der Waals surface area contributed by atoms with Gasteiger partial charge >= 0.3 is 11.1 Å². The largest absolute Gasteiger partial charge is 0.622 e. The van der Waals surface area contributed by atoms with E-state index in [2.05, 4.69) is 10.2 Å². The van der Waals surface area contributed by atoms with Crippen LogP contribution in [0.15, 0.2) is 4.34 Å². The molecule has 11 heteroatoms. The Balaban J connectivity index is 1.77. The van der Waals surface area contributed by atoms with Crippen molar-refractivity contribution in [2.75, 3.05) is 32.6 Å². The van der Waals surface area contributed by atoms with Gasteiger partial charge < -0.3 is 14.7 Å². The van der Waals surface area contributed by atoms with Crippen molar-refractivity contribution in [3.05, 3.63) is 5.21 Å². The van der Waals surface area contributed by atoms with Gasteiger partial charge in [0.05, 0.1) is 17.3 Å². The minimum atomic E-state index is -1.26. The van der Waals surface area contributed by atoms with Crippen LogP contribution in [0.5, 0.6) is 0 Å². The van der Waals surface area contributed by atoms with E-state index in [0.29, 0.717) is 29.7 Å². The highest BCUT2D eigenvalue weighted by atomic mass is 32.2. The molecule has 140 valence electrons. The first-order valence-electron chi connectivity index (χ1n) is 8.26. The average Bonchev–Trinajstić information content (AvgIpc) is 3.29. The molecular weight excluding hydrogens is 368 g/mol. The molecule has 25 heavy (non-hydrogen) atoms. The smallest absolute Gasteiger partial charge is 0.339 e. The second-order valence-corrected chi connectivity index (χ2v) is 8.97. The molecule has 0 saturated carbocycles. The summed E-state index contributed by atoms with van der Waals surface area (Å²) in [7, 11) is 0.521. The third-order valence-corrected chi connectivity index (χ3v) is 7.02. The summed E-state index contributed by atoms with van der Waals surface area (Å²) in [4.78, 5) is 14.0. The standard InChI is InChI=1S/C14H22N4O5S2/c1-3-7-25(21)14-16-15-13(24-14)18(20)9-17(2)8-11(18)23-12(19)10-5-4-6-22-10/h10-11H,3-9H2,1-2H3. The third-order valence-electron chi connectivity index (χ3n) is 4.13. The Morgan fingerprint density at radius 1 is 1.56 bits per heavy atom. The summed E-state index contributed by atoms with van der Waals surface area (Å²) < 4.78 is 22.3. The molecule has 3 rings (SSSR count). The highest BCUT2D eigenvalue weighted by Gasteiger charge is 2.46. The van der Waals surface area contributed by atoms with Crippen LogP contribution < -0.4 is 4.65 Å². The molecule has 4 atom stereocenters. The molecule has 0 radical (unpaired) electrons. The predicted octanol–water partition coefficient (Wildman–Crippen LogP) is 0.812. The van der Waals surface area contributed by atoms with Crippen molar-refractivity contribution in [2.24, 2.45) is 0 Å². The SMILES string of the molecule is CCCS(=O)c1nnc([N+]2([O-])CN(C)CC2OC(=O)C2CCCO2)s1. The summed E-state index contributed by atoms with van der Waals surface area (Å²) >= 11 is 1.03. The molecule has 1 aromatic heterocycles. The number of hydroxylamine groups is 2. The number of nitrogens with zero attached hydrogens (tertiary/aromatic N) is 4. The fraction of sp³-hybridized carbons (Fsp3) is 0.786. The summed E-state index contributed by atoms with van der Waals surface area (Å²) in [5.74, 6) is -0.0272. The Labute approximate surface area is 152 Å². The molecule has 0 aliphatic carbocycles. The molecule has 2 aliphatic rings. The van der Waals surface area contributed by atoms with Crippen LogP contribution in [-0.4, -0.2) is 70.2 Å². The van der Waals surface area contributed by atoms with Crippen molar-refractivity contribution in [2.45, 2.75) is 42.9 Å². The van der Waals surface area contributed by atoms with Crippen LogP contribution in [0, 0.1) is 5.21 Å². The van der Waals surface area contributed by atoms with E-state index in [1.165, 1.54) is 0 Å². The van der Waals surface area contributed by atoms with Gasteiger partial charge in [-0.1, -0.05) is 12.0 Å². The topological polar surface area (TPSA) is 105 Å². The maximum Gasteiger partial charge on any atom is 0.339 e. The van der Waals surface area contributed by atoms with Gasteiger partial charge in [-0.25, -0.2) is 9.69 Å². The highest BCUT2D eigenvalue weighted by Crippen LogP contribution is 2.35. The highest BCUT2D eigenvalue weighted by molar-refractivity contribution is 7.87. The van der Waals surface area contributed by atoms with E-state index < -0.39 is 33.7 Å². The molecular formula is C14H22N4O5S2. The van der Waals surface area contributed by atoms with Crippen molar-refractivity contribution in [3.8, 4) is 0 Å². The number of quaternary nitrogens is 1. The van der Waals surface area contributed by atoms with Crippen molar-refractivity contribution in [1.82, 2.24) is 19.7 Å². The van der Waals surface area contributed by atoms with E-state index in [1.807, 2.05) is 6.92 Å². The Kier molecular flexibility index (Phi) is 5.81. The van der Waals surface area contributed by atoms with E-state index in [0.717, 1.165) is 24.2 Å². The Hall–Kier alpha value is -0.980. The lowest BCUT2D eigenvalue weighted by Gasteiger charge is -2.38. The molecule has 0 bridgehead atoms. The van der Waals surface area contributed by atoms with Crippen LogP contribution in [0.25, 0.3) is 0 Å². The van der Waals surface area contributed by atoms with Gasteiger partial charge in [-0.3, -0.25) is 8.86 Å². The molecule has 3 heterocycles. The molecule has 0 spiro atoms. The second kappa shape index (κ2) is 7.72. The predicted molar refractivity (Wildman–Crippen MR) is 93.0 cm³/mol. The van der Waals surface area contributed by atoms with E-state index >= 15 is 0 Å². The lowest BCUT2D eigenvalue weighted by Crippen LogP contribution is -2.51. The molecule has 1 aromatic rings. The van der Waals surface area contributed by atoms with Crippen LogP contribution >= 0.6 is 11.3 Å².